The van der Waals surface area contributed by atoms with Crippen molar-refractivity contribution in [3.63, 3.8) is 0 Å². The van der Waals surface area contributed by atoms with Crippen molar-refractivity contribution in [3.05, 3.63) is 12.2 Å². The molecule has 1 aliphatic heterocycles. The molecule has 22 heavy (non-hydrogen) atoms. The number of hydrogen-bond acceptors (Lipinski definition) is 5. The molecule has 0 atom stereocenters. The Labute approximate surface area is 133 Å². The molecule has 126 valence electrons. The minimum atomic E-state index is -0.508. The molecule has 0 aliphatic carbocycles. The molecule has 0 N–H and O–H groups in total. The van der Waals surface area contributed by atoms with Gasteiger partial charge in [0, 0.05) is 18.4 Å². The van der Waals surface area contributed by atoms with Crippen molar-refractivity contribution in [3.8, 4) is 0 Å². The van der Waals surface area contributed by atoms with Gasteiger partial charge in [0.15, 0.2) is 0 Å². The number of rotatable bonds is 10. The Morgan fingerprint density at radius 3 is 2.50 bits per heavy atom. The number of carbonyl (C=O) groups is 2. The van der Waals surface area contributed by atoms with Crippen LogP contribution in [0.3, 0.4) is 0 Å². The Kier molecular flexibility index (Phi) is 9.55. The lowest BCUT2D eigenvalue weighted by Crippen LogP contribution is -2.27. The van der Waals surface area contributed by atoms with Crippen LogP contribution >= 0.6 is 0 Å². The topological polar surface area (TPSA) is 61.8 Å². The fourth-order valence-electron chi connectivity index (χ4n) is 2.22. The van der Waals surface area contributed by atoms with Crippen LogP contribution in [0.2, 0.25) is 0 Å². The van der Waals surface area contributed by atoms with E-state index in [9.17, 15) is 9.59 Å². The molecule has 1 saturated heterocycles. The highest BCUT2D eigenvalue weighted by Crippen LogP contribution is 2.14. The lowest BCUT2D eigenvalue weighted by atomic mass is 10.1. The standard InChI is InChI=1S/C17H28O5/c1-3-4-5-6-7-10-21-16(18)13-14(2)17(19)22-15-8-11-20-12-9-15/h15H,2-13H2,1H3. The van der Waals surface area contributed by atoms with E-state index in [0.717, 1.165) is 19.3 Å². The molecular formula is C17H28O5. The fraction of sp³-hybridized carbons (Fsp3) is 0.765. The molecule has 1 rings (SSSR count). The van der Waals surface area contributed by atoms with Gasteiger partial charge in [0.25, 0.3) is 0 Å². The summed E-state index contributed by atoms with van der Waals surface area (Å²) in [5, 5.41) is 0. The lowest BCUT2D eigenvalue weighted by molar-refractivity contribution is -0.151. The maximum absolute atomic E-state index is 11.8. The zero-order chi connectivity index (χ0) is 16.2. The third-order valence-corrected chi connectivity index (χ3v) is 3.60. The van der Waals surface area contributed by atoms with E-state index in [1.807, 2.05) is 0 Å². The summed E-state index contributed by atoms with van der Waals surface area (Å²) in [6.45, 7) is 7.39. The molecule has 5 heteroatoms. The molecule has 0 radical (unpaired) electrons. The maximum atomic E-state index is 11.8. The maximum Gasteiger partial charge on any atom is 0.334 e. The van der Waals surface area contributed by atoms with E-state index >= 15 is 0 Å². The molecule has 0 saturated carbocycles. The zero-order valence-electron chi connectivity index (χ0n) is 13.6. The Hall–Kier alpha value is -1.36. The molecule has 0 aromatic carbocycles. The van der Waals surface area contributed by atoms with Crippen molar-refractivity contribution in [2.24, 2.45) is 0 Å². The Bertz CT molecular complexity index is 358. The first kappa shape index (κ1) is 18.7. The Morgan fingerprint density at radius 2 is 1.82 bits per heavy atom. The number of esters is 2. The van der Waals surface area contributed by atoms with Crippen LogP contribution in [0.15, 0.2) is 12.2 Å². The van der Waals surface area contributed by atoms with Crippen LogP contribution in [0.5, 0.6) is 0 Å². The van der Waals surface area contributed by atoms with Crippen molar-refractivity contribution in [2.45, 2.75) is 64.4 Å². The van der Waals surface area contributed by atoms with Crippen LogP contribution in [0.1, 0.15) is 58.3 Å². The summed E-state index contributed by atoms with van der Waals surface area (Å²) < 4.78 is 15.6. The van der Waals surface area contributed by atoms with Crippen LogP contribution in [0.4, 0.5) is 0 Å². The van der Waals surface area contributed by atoms with Crippen molar-refractivity contribution >= 4 is 11.9 Å². The van der Waals surface area contributed by atoms with Crippen LogP contribution in [0.25, 0.3) is 0 Å². The van der Waals surface area contributed by atoms with E-state index in [0.29, 0.717) is 32.7 Å². The van der Waals surface area contributed by atoms with Crippen LogP contribution < -0.4 is 0 Å². The molecule has 0 aromatic heterocycles. The van der Waals surface area contributed by atoms with Gasteiger partial charge < -0.3 is 14.2 Å². The normalized spacial score (nSPS) is 15.3. The minimum Gasteiger partial charge on any atom is -0.465 e. The third kappa shape index (κ3) is 8.17. The van der Waals surface area contributed by atoms with E-state index < -0.39 is 11.9 Å². The van der Waals surface area contributed by atoms with Crippen LogP contribution in [-0.4, -0.2) is 37.9 Å². The van der Waals surface area contributed by atoms with Gasteiger partial charge >= 0.3 is 11.9 Å². The largest absolute Gasteiger partial charge is 0.465 e. The number of unbranched alkanes of at least 4 members (excludes halogenated alkanes) is 4. The summed E-state index contributed by atoms with van der Waals surface area (Å²) in [5.41, 5.74) is 0.155. The zero-order valence-corrected chi connectivity index (χ0v) is 13.6. The van der Waals surface area contributed by atoms with Gasteiger partial charge in [0.2, 0.25) is 0 Å². The van der Waals surface area contributed by atoms with E-state index in [1.165, 1.54) is 12.8 Å². The van der Waals surface area contributed by atoms with E-state index in [2.05, 4.69) is 13.5 Å². The Morgan fingerprint density at radius 1 is 1.14 bits per heavy atom. The van der Waals surface area contributed by atoms with Crippen molar-refractivity contribution < 1.29 is 23.8 Å². The van der Waals surface area contributed by atoms with Gasteiger partial charge in [-0.1, -0.05) is 39.2 Å². The molecule has 0 unspecified atom stereocenters. The van der Waals surface area contributed by atoms with Gasteiger partial charge in [0.1, 0.15) is 6.10 Å². The average Bonchev–Trinajstić information content (AvgIpc) is 2.51. The first-order valence-corrected chi connectivity index (χ1v) is 8.25. The number of hydrogen-bond donors (Lipinski definition) is 0. The summed E-state index contributed by atoms with van der Waals surface area (Å²) in [7, 11) is 0. The molecule has 0 amide bonds. The number of ether oxygens (including phenoxy) is 3. The average molecular weight is 312 g/mol. The molecular weight excluding hydrogens is 284 g/mol. The predicted octanol–water partition coefficient (Wildman–Crippen LogP) is 3.17. The SMILES string of the molecule is C=C(CC(=O)OCCCCCCC)C(=O)OC1CCOCC1. The third-order valence-electron chi connectivity index (χ3n) is 3.60. The van der Waals surface area contributed by atoms with E-state index in [4.69, 9.17) is 14.2 Å². The summed E-state index contributed by atoms with van der Waals surface area (Å²) in [6, 6.07) is 0. The molecule has 1 fully saturated rings. The van der Waals surface area contributed by atoms with Crippen molar-refractivity contribution in [1.82, 2.24) is 0 Å². The predicted molar refractivity (Wildman–Crippen MR) is 83.4 cm³/mol. The highest BCUT2D eigenvalue weighted by Gasteiger charge is 2.21. The second-order valence-corrected chi connectivity index (χ2v) is 5.63. The molecule has 1 heterocycles. The highest BCUT2D eigenvalue weighted by atomic mass is 16.6. The smallest absolute Gasteiger partial charge is 0.334 e. The minimum absolute atomic E-state index is 0.100. The summed E-state index contributed by atoms with van der Waals surface area (Å²) in [6.07, 6.45) is 6.65. The first-order valence-electron chi connectivity index (χ1n) is 8.25. The van der Waals surface area contributed by atoms with Gasteiger partial charge in [-0.05, 0) is 6.42 Å². The number of carbonyl (C=O) groups excluding carboxylic acids is 2. The second-order valence-electron chi connectivity index (χ2n) is 5.63. The molecule has 5 nitrogen and oxygen atoms in total. The quantitative estimate of drug-likeness (QED) is 0.352. The molecule has 0 aromatic rings. The van der Waals surface area contributed by atoms with Crippen molar-refractivity contribution in [1.29, 1.82) is 0 Å². The van der Waals surface area contributed by atoms with E-state index in [1.54, 1.807) is 0 Å². The van der Waals surface area contributed by atoms with E-state index in [-0.39, 0.29) is 18.1 Å². The first-order chi connectivity index (χ1) is 10.6. The fourth-order valence-corrected chi connectivity index (χ4v) is 2.22. The van der Waals surface area contributed by atoms with Gasteiger partial charge in [-0.15, -0.1) is 0 Å². The van der Waals surface area contributed by atoms with Gasteiger partial charge in [0.05, 0.1) is 26.2 Å². The molecule has 1 aliphatic rings. The Balaban J connectivity index is 2.11. The van der Waals surface area contributed by atoms with Gasteiger partial charge in [-0.25, -0.2) is 4.79 Å². The van der Waals surface area contributed by atoms with Gasteiger partial charge in [-0.2, -0.15) is 0 Å². The van der Waals surface area contributed by atoms with Crippen molar-refractivity contribution in [2.75, 3.05) is 19.8 Å². The highest BCUT2D eigenvalue weighted by molar-refractivity contribution is 5.93. The van der Waals surface area contributed by atoms with Crippen LogP contribution in [0, 0.1) is 0 Å². The second kappa shape index (κ2) is 11.2. The lowest BCUT2D eigenvalue weighted by Gasteiger charge is -2.22. The van der Waals surface area contributed by atoms with Crippen LogP contribution in [-0.2, 0) is 23.8 Å². The molecule has 0 spiro atoms. The molecule has 0 bridgehead atoms. The summed E-state index contributed by atoms with van der Waals surface area (Å²) >= 11 is 0. The monoisotopic (exact) mass is 312 g/mol. The summed E-state index contributed by atoms with van der Waals surface area (Å²) in [5.74, 6) is -0.920. The summed E-state index contributed by atoms with van der Waals surface area (Å²) in [4.78, 5) is 23.5. The van der Waals surface area contributed by atoms with Gasteiger partial charge in [-0.3, -0.25) is 4.79 Å².